The van der Waals surface area contributed by atoms with Gasteiger partial charge >= 0.3 is 0 Å². The van der Waals surface area contributed by atoms with E-state index in [4.69, 9.17) is 0 Å². The first kappa shape index (κ1) is 18.6. The molecule has 0 aromatic heterocycles. The molecule has 2 aromatic carbocycles. The van der Waals surface area contributed by atoms with Crippen molar-refractivity contribution in [3.05, 3.63) is 68.2 Å². The van der Waals surface area contributed by atoms with E-state index in [-0.39, 0.29) is 30.5 Å². The second-order valence-corrected chi connectivity index (χ2v) is 6.23. The van der Waals surface area contributed by atoms with Gasteiger partial charge in [0.25, 0.3) is 11.6 Å². The molecule has 0 aliphatic heterocycles. The van der Waals surface area contributed by atoms with Crippen molar-refractivity contribution in [2.45, 2.75) is 13.3 Å². The van der Waals surface area contributed by atoms with Gasteiger partial charge in [0.1, 0.15) is 0 Å². The summed E-state index contributed by atoms with van der Waals surface area (Å²) in [5.74, 6) is -0.600. The van der Waals surface area contributed by atoms with Crippen LogP contribution in [0.4, 0.5) is 11.4 Å². The van der Waals surface area contributed by atoms with Crippen LogP contribution in [0.2, 0.25) is 0 Å². The standard InChI is InChI=1S/C17H16BrN3O4/c1-11-10-13(18)4-7-15(11)20-16(22)8-9-19-17(23)12-2-5-14(6-3-12)21(24)25/h2-7,10H,8-9H2,1H3,(H,19,23)(H,20,22). The van der Waals surface area contributed by atoms with Gasteiger partial charge in [-0.05, 0) is 42.8 Å². The lowest BCUT2D eigenvalue weighted by Gasteiger charge is -2.09. The number of nitrogens with zero attached hydrogens (tertiary/aromatic N) is 1. The minimum atomic E-state index is -0.532. The maximum atomic E-state index is 11.9. The number of amides is 2. The second-order valence-electron chi connectivity index (χ2n) is 5.32. The molecule has 25 heavy (non-hydrogen) atoms. The van der Waals surface area contributed by atoms with Crippen LogP contribution in [-0.2, 0) is 4.79 Å². The van der Waals surface area contributed by atoms with E-state index < -0.39 is 4.92 Å². The summed E-state index contributed by atoms with van der Waals surface area (Å²) >= 11 is 3.36. The number of nitro benzene ring substituents is 1. The summed E-state index contributed by atoms with van der Waals surface area (Å²) < 4.78 is 0.929. The molecule has 0 bridgehead atoms. The lowest BCUT2D eigenvalue weighted by Crippen LogP contribution is -2.27. The third-order valence-corrected chi connectivity index (χ3v) is 3.93. The average Bonchev–Trinajstić information content (AvgIpc) is 2.57. The highest BCUT2D eigenvalue weighted by atomic mass is 79.9. The quantitative estimate of drug-likeness (QED) is 0.567. The van der Waals surface area contributed by atoms with Crippen LogP contribution in [0.25, 0.3) is 0 Å². The summed E-state index contributed by atoms with van der Waals surface area (Å²) in [6, 6.07) is 10.8. The van der Waals surface area contributed by atoms with Gasteiger partial charge in [-0.15, -0.1) is 0 Å². The van der Waals surface area contributed by atoms with Crippen LogP contribution in [0.1, 0.15) is 22.3 Å². The molecule has 7 nitrogen and oxygen atoms in total. The molecule has 8 heteroatoms. The molecule has 0 saturated carbocycles. The first-order chi connectivity index (χ1) is 11.9. The second kappa shape index (κ2) is 8.39. The Balaban J connectivity index is 1.82. The van der Waals surface area contributed by atoms with Gasteiger partial charge in [0.2, 0.25) is 5.91 Å². The van der Waals surface area contributed by atoms with E-state index >= 15 is 0 Å². The first-order valence-corrected chi connectivity index (χ1v) is 8.25. The number of aryl methyl sites for hydroxylation is 1. The van der Waals surface area contributed by atoms with E-state index in [1.165, 1.54) is 24.3 Å². The topological polar surface area (TPSA) is 101 Å². The van der Waals surface area contributed by atoms with Crippen molar-refractivity contribution in [2.75, 3.05) is 11.9 Å². The summed E-state index contributed by atoms with van der Waals surface area (Å²) in [6.45, 7) is 2.05. The number of non-ortho nitro benzene ring substituents is 1. The Hall–Kier alpha value is -2.74. The number of nitro groups is 1. The zero-order chi connectivity index (χ0) is 18.4. The molecule has 2 rings (SSSR count). The van der Waals surface area contributed by atoms with Crippen LogP contribution in [0, 0.1) is 17.0 Å². The number of anilines is 1. The van der Waals surface area contributed by atoms with Gasteiger partial charge in [-0.2, -0.15) is 0 Å². The van der Waals surface area contributed by atoms with Crippen LogP contribution in [0.3, 0.4) is 0 Å². The molecule has 130 valence electrons. The number of benzene rings is 2. The summed E-state index contributed by atoms with van der Waals surface area (Å²) in [4.78, 5) is 33.9. The average molecular weight is 406 g/mol. The van der Waals surface area contributed by atoms with E-state index in [9.17, 15) is 19.7 Å². The van der Waals surface area contributed by atoms with E-state index in [0.717, 1.165) is 15.7 Å². The van der Waals surface area contributed by atoms with Crippen LogP contribution in [0.5, 0.6) is 0 Å². The van der Waals surface area contributed by atoms with Crippen molar-refractivity contribution in [2.24, 2.45) is 0 Å². The van der Waals surface area contributed by atoms with Crippen molar-refractivity contribution >= 4 is 39.1 Å². The predicted molar refractivity (Wildman–Crippen MR) is 97.6 cm³/mol. The van der Waals surface area contributed by atoms with Gasteiger partial charge in [0.05, 0.1) is 4.92 Å². The van der Waals surface area contributed by atoms with E-state index in [1.54, 1.807) is 6.07 Å². The molecule has 0 heterocycles. The molecule has 0 atom stereocenters. The molecule has 0 spiro atoms. The maximum absolute atomic E-state index is 11.9. The number of carbonyl (C=O) groups is 2. The van der Waals surface area contributed by atoms with Crippen LogP contribution in [0.15, 0.2) is 46.9 Å². The third-order valence-electron chi connectivity index (χ3n) is 3.44. The Morgan fingerprint density at radius 2 is 1.84 bits per heavy atom. The Morgan fingerprint density at radius 3 is 2.44 bits per heavy atom. The fraction of sp³-hybridized carbons (Fsp3) is 0.176. The molecular formula is C17H16BrN3O4. The molecule has 0 fully saturated rings. The third kappa shape index (κ3) is 5.39. The number of nitrogens with one attached hydrogen (secondary N) is 2. The van der Waals surface area contributed by atoms with Gasteiger partial charge in [-0.3, -0.25) is 19.7 Å². The zero-order valence-electron chi connectivity index (χ0n) is 13.4. The summed E-state index contributed by atoms with van der Waals surface area (Å²) in [5.41, 5.74) is 1.86. The molecule has 2 aromatic rings. The predicted octanol–water partition coefficient (Wildman–Crippen LogP) is 3.42. The normalized spacial score (nSPS) is 10.2. The van der Waals surface area contributed by atoms with Crippen molar-refractivity contribution in [1.82, 2.24) is 5.32 Å². The van der Waals surface area contributed by atoms with Crippen molar-refractivity contribution in [1.29, 1.82) is 0 Å². The van der Waals surface area contributed by atoms with Crippen LogP contribution < -0.4 is 10.6 Å². The zero-order valence-corrected chi connectivity index (χ0v) is 15.0. The Bertz CT molecular complexity index is 806. The fourth-order valence-corrected chi connectivity index (χ4v) is 2.58. The van der Waals surface area contributed by atoms with E-state index in [0.29, 0.717) is 5.56 Å². The number of hydrogen-bond acceptors (Lipinski definition) is 4. The minimum Gasteiger partial charge on any atom is -0.352 e. The highest BCUT2D eigenvalue weighted by Gasteiger charge is 2.10. The van der Waals surface area contributed by atoms with Gasteiger partial charge in [0.15, 0.2) is 0 Å². The van der Waals surface area contributed by atoms with Gasteiger partial charge in [-0.1, -0.05) is 15.9 Å². The fourth-order valence-electron chi connectivity index (χ4n) is 2.11. The number of rotatable bonds is 6. The molecule has 0 radical (unpaired) electrons. The number of hydrogen-bond donors (Lipinski definition) is 2. The molecule has 0 unspecified atom stereocenters. The molecule has 0 aliphatic carbocycles. The molecule has 0 aliphatic rings. The maximum Gasteiger partial charge on any atom is 0.269 e. The smallest absolute Gasteiger partial charge is 0.269 e. The van der Waals surface area contributed by atoms with E-state index in [2.05, 4.69) is 26.6 Å². The Morgan fingerprint density at radius 1 is 1.16 bits per heavy atom. The molecule has 2 amide bonds. The minimum absolute atomic E-state index is 0.0826. The van der Waals surface area contributed by atoms with Crippen LogP contribution in [-0.4, -0.2) is 23.3 Å². The molecular weight excluding hydrogens is 390 g/mol. The van der Waals surface area contributed by atoms with Gasteiger partial charge < -0.3 is 10.6 Å². The summed E-state index contributed by atoms with van der Waals surface area (Å²) in [5, 5.41) is 16.0. The number of halogens is 1. The first-order valence-electron chi connectivity index (χ1n) is 7.45. The highest BCUT2D eigenvalue weighted by Crippen LogP contribution is 2.20. The molecule has 0 saturated heterocycles. The lowest BCUT2D eigenvalue weighted by atomic mass is 10.2. The van der Waals surface area contributed by atoms with Crippen molar-refractivity contribution in [3.8, 4) is 0 Å². The lowest BCUT2D eigenvalue weighted by molar-refractivity contribution is -0.384. The summed E-state index contributed by atoms with van der Waals surface area (Å²) in [7, 11) is 0. The molecule has 2 N–H and O–H groups in total. The SMILES string of the molecule is Cc1cc(Br)ccc1NC(=O)CCNC(=O)c1ccc([N+](=O)[O-])cc1. The number of carbonyl (C=O) groups excluding carboxylic acids is 2. The van der Waals surface area contributed by atoms with E-state index in [1.807, 2.05) is 19.1 Å². The Kier molecular flexibility index (Phi) is 6.24. The van der Waals surface area contributed by atoms with Gasteiger partial charge in [0, 0.05) is 40.8 Å². The monoisotopic (exact) mass is 405 g/mol. The largest absolute Gasteiger partial charge is 0.352 e. The summed E-state index contributed by atoms with van der Waals surface area (Å²) in [6.07, 6.45) is 0.119. The Labute approximate surface area is 152 Å². The highest BCUT2D eigenvalue weighted by molar-refractivity contribution is 9.10. The van der Waals surface area contributed by atoms with Crippen molar-refractivity contribution in [3.63, 3.8) is 0 Å². The van der Waals surface area contributed by atoms with Crippen molar-refractivity contribution < 1.29 is 14.5 Å². The van der Waals surface area contributed by atoms with Crippen LogP contribution >= 0.6 is 15.9 Å². The van der Waals surface area contributed by atoms with Gasteiger partial charge in [-0.25, -0.2) is 0 Å².